The van der Waals surface area contributed by atoms with Crippen molar-refractivity contribution >= 4 is 17.4 Å². The van der Waals surface area contributed by atoms with Gasteiger partial charge in [-0.3, -0.25) is 9.59 Å². The number of hydrogen-bond donors (Lipinski definition) is 1. The fraction of sp³-hybridized carbons (Fsp3) is 0.333. The van der Waals surface area contributed by atoms with Crippen molar-refractivity contribution < 1.29 is 28.6 Å². The number of aliphatic hydroxyl groups excluding tert-OH is 1. The number of amides is 1. The van der Waals surface area contributed by atoms with E-state index in [1.807, 2.05) is 19.0 Å². The number of ketones is 1. The summed E-state index contributed by atoms with van der Waals surface area (Å²) >= 11 is 0. The summed E-state index contributed by atoms with van der Waals surface area (Å²) in [5, 5.41) is 11.2. The number of aliphatic hydroxyl groups is 1. The van der Waals surface area contributed by atoms with Crippen molar-refractivity contribution in [3.63, 3.8) is 0 Å². The molecule has 1 saturated heterocycles. The summed E-state index contributed by atoms with van der Waals surface area (Å²) in [5.74, 6) is -1.65. The maximum atomic E-state index is 14.0. The lowest BCUT2D eigenvalue weighted by Gasteiger charge is -2.26. The standard InChI is InChI=1S/C24H27FN2O5/c1-26(2)11-6-12-27-21(15-7-5-8-16(25)13-15)20(23(29)24(27)30)22(28)18-10-9-17(31-3)14-19(18)32-4/h5,7-10,13-14,21,28H,6,11-12H2,1-4H3/t21-/m0/s1. The predicted octanol–water partition coefficient (Wildman–Crippen LogP) is 3.22. The van der Waals surface area contributed by atoms with E-state index >= 15 is 0 Å². The first kappa shape index (κ1) is 23.3. The van der Waals surface area contributed by atoms with Crippen molar-refractivity contribution in [2.75, 3.05) is 41.4 Å². The average Bonchev–Trinajstić information content (AvgIpc) is 3.03. The molecule has 3 rings (SSSR count). The van der Waals surface area contributed by atoms with Crippen LogP contribution in [0.3, 0.4) is 0 Å². The molecular weight excluding hydrogens is 415 g/mol. The van der Waals surface area contributed by atoms with Crippen LogP contribution in [0, 0.1) is 5.82 Å². The molecule has 2 aromatic carbocycles. The first-order valence-corrected chi connectivity index (χ1v) is 10.2. The van der Waals surface area contributed by atoms with Gasteiger partial charge in [-0.15, -0.1) is 0 Å². The van der Waals surface area contributed by atoms with E-state index in [2.05, 4.69) is 0 Å². The Bertz CT molecular complexity index is 1050. The molecule has 32 heavy (non-hydrogen) atoms. The number of methoxy groups -OCH3 is 2. The molecule has 170 valence electrons. The molecule has 1 atom stereocenters. The van der Waals surface area contributed by atoms with E-state index in [0.29, 0.717) is 24.3 Å². The van der Waals surface area contributed by atoms with Crippen LogP contribution in [0.15, 0.2) is 48.0 Å². The van der Waals surface area contributed by atoms with Gasteiger partial charge in [-0.1, -0.05) is 12.1 Å². The van der Waals surface area contributed by atoms with Gasteiger partial charge in [0.1, 0.15) is 23.1 Å². The van der Waals surface area contributed by atoms with Gasteiger partial charge in [0.2, 0.25) is 0 Å². The first-order valence-electron chi connectivity index (χ1n) is 10.2. The summed E-state index contributed by atoms with van der Waals surface area (Å²) in [6, 6.07) is 9.52. The molecule has 1 amide bonds. The van der Waals surface area contributed by atoms with Crippen LogP contribution in [0.4, 0.5) is 4.39 Å². The van der Waals surface area contributed by atoms with E-state index in [1.165, 1.54) is 37.3 Å². The molecule has 1 N–H and O–H groups in total. The summed E-state index contributed by atoms with van der Waals surface area (Å²) in [7, 11) is 6.75. The Kier molecular flexibility index (Phi) is 7.15. The number of rotatable bonds is 8. The molecule has 1 fully saturated rings. The second kappa shape index (κ2) is 9.82. The number of nitrogens with zero attached hydrogens (tertiary/aromatic N) is 2. The smallest absolute Gasteiger partial charge is 0.295 e. The average molecular weight is 442 g/mol. The zero-order chi connectivity index (χ0) is 23.4. The predicted molar refractivity (Wildman–Crippen MR) is 118 cm³/mol. The number of hydrogen-bond acceptors (Lipinski definition) is 6. The van der Waals surface area contributed by atoms with Crippen LogP contribution in [0.2, 0.25) is 0 Å². The Morgan fingerprint density at radius 2 is 1.88 bits per heavy atom. The highest BCUT2D eigenvalue weighted by atomic mass is 19.1. The lowest BCUT2D eigenvalue weighted by molar-refractivity contribution is -0.139. The quantitative estimate of drug-likeness (QED) is 0.384. The van der Waals surface area contributed by atoms with Crippen molar-refractivity contribution in [1.29, 1.82) is 0 Å². The highest BCUT2D eigenvalue weighted by molar-refractivity contribution is 6.46. The van der Waals surface area contributed by atoms with E-state index in [9.17, 15) is 19.1 Å². The van der Waals surface area contributed by atoms with Crippen LogP contribution in [0.5, 0.6) is 11.5 Å². The fourth-order valence-electron chi connectivity index (χ4n) is 3.83. The first-order chi connectivity index (χ1) is 15.3. The monoisotopic (exact) mass is 442 g/mol. The van der Waals surface area contributed by atoms with E-state index in [4.69, 9.17) is 9.47 Å². The number of halogens is 1. The van der Waals surface area contributed by atoms with Gasteiger partial charge in [0.05, 0.1) is 31.4 Å². The molecule has 1 aliphatic rings. The molecule has 1 aliphatic heterocycles. The van der Waals surface area contributed by atoms with Crippen LogP contribution in [-0.4, -0.2) is 68.0 Å². The molecule has 0 saturated carbocycles. The molecular formula is C24H27FN2O5. The number of likely N-dealkylation sites (tertiary alicyclic amines) is 1. The zero-order valence-corrected chi connectivity index (χ0v) is 18.6. The molecule has 0 unspecified atom stereocenters. The summed E-state index contributed by atoms with van der Waals surface area (Å²) in [4.78, 5) is 29.3. The van der Waals surface area contributed by atoms with Crippen molar-refractivity contribution in [2.45, 2.75) is 12.5 Å². The van der Waals surface area contributed by atoms with Crippen molar-refractivity contribution in [3.05, 3.63) is 65.0 Å². The minimum Gasteiger partial charge on any atom is -0.507 e. The van der Waals surface area contributed by atoms with Gasteiger partial charge in [0, 0.05) is 12.6 Å². The molecule has 2 aromatic rings. The van der Waals surface area contributed by atoms with Gasteiger partial charge >= 0.3 is 0 Å². The van der Waals surface area contributed by atoms with Crippen molar-refractivity contribution in [3.8, 4) is 11.5 Å². The van der Waals surface area contributed by atoms with E-state index in [0.717, 1.165) is 0 Å². The minimum absolute atomic E-state index is 0.103. The second-order valence-corrected chi connectivity index (χ2v) is 7.77. The summed E-state index contributed by atoms with van der Waals surface area (Å²) in [6.45, 7) is 0.978. The Balaban J connectivity index is 2.15. The maximum Gasteiger partial charge on any atom is 0.295 e. The third-order valence-electron chi connectivity index (χ3n) is 5.37. The van der Waals surface area contributed by atoms with Gasteiger partial charge in [-0.05, 0) is 56.9 Å². The second-order valence-electron chi connectivity index (χ2n) is 7.77. The Labute approximate surface area is 186 Å². The number of Topliss-reactive ketones (excluding diaryl/α,β-unsaturated/α-hetero) is 1. The summed E-state index contributed by atoms with van der Waals surface area (Å²) in [5.41, 5.74) is 0.540. The van der Waals surface area contributed by atoms with Crippen molar-refractivity contribution in [2.24, 2.45) is 0 Å². The number of ether oxygens (including phenoxy) is 2. The van der Waals surface area contributed by atoms with Crippen LogP contribution in [-0.2, 0) is 9.59 Å². The molecule has 8 heteroatoms. The largest absolute Gasteiger partial charge is 0.507 e. The fourth-order valence-corrected chi connectivity index (χ4v) is 3.83. The summed E-state index contributed by atoms with van der Waals surface area (Å²) < 4.78 is 24.6. The number of carbonyl (C=O) groups excluding carboxylic acids is 2. The molecule has 1 heterocycles. The van der Waals surface area contributed by atoms with Gasteiger partial charge in [0.15, 0.2) is 0 Å². The highest BCUT2D eigenvalue weighted by Gasteiger charge is 2.46. The van der Waals surface area contributed by atoms with Crippen molar-refractivity contribution in [1.82, 2.24) is 9.80 Å². The molecule has 0 spiro atoms. The van der Waals surface area contributed by atoms with Crippen LogP contribution in [0.25, 0.3) is 5.76 Å². The highest BCUT2D eigenvalue weighted by Crippen LogP contribution is 2.41. The Morgan fingerprint density at radius 1 is 1.12 bits per heavy atom. The molecule has 7 nitrogen and oxygen atoms in total. The van der Waals surface area contributed by atoms with Crippen LogP contribution >= 0.6 is 0 Å². The third-order valence-corrected chi connectivity index (χ3v) is 5.37. The lowest BCUT2D eigenvalue weighted by Crippen LogP contribution is -2.32. The third kappa shape index (κ3) is 4.60. The normalized spacial score (nSPS) is 17.8. The van der Waals surface area contributed by atoms with E-state index in [1.54, 1.807) is 24.3 Å². The van der Waals surface area contributed by atoms with E-state index < -0.39 is 23.5 Å². The lowest BCUT2D eigenvalue weighted by atomic mass is 9.95. The maximum absolute atomic E-state index is 14.0. The van der Waals surface area contributed by atoms with Crippen LogP contribution < -0.4 is 9.47 Å². The summed E-state index contributed by atoms with van der Waals surface area (Å²) in [6.07, 6.45) is 0.609. The van der Waals surface area contributed by atoms with Gasteiger partial charge in [0.25, 0.3) is 11.7 Å². The molecule has 0 aromatic heterocycles. The molecule has 0 radical (unpaired) electrons. The van der Waals surface area contributed by atoms with Crippen LogP contribution in [0.1, 0.15) is 23.6 Å². The molecule has 0 bridgehead atoms. The number of benzene rings is 2. The topological polar surface area (TPSA) is 79.3 Å². The van der Waals surface area contributed by atoms with Gasteiger partial charge < -0.3 is 24.4 Å². The van der Waals surface area contributed by atoms with E-state index in [-0.39, 0.29) is 29.2 Å². The van der Waals surface area contributed by atoms with Gasteiger partial charge in [-0.2, -0.15) is 0 Å². The zero-order valence-electron chi connectivity index (χ0n) is 18.6. The minimum atomic E-state index is -0.917. The Hall–Kier alpha value is -3.39. The molecule has 0 aliphatic carbocycles. The SMILES string of the molecule is COc1ccc(C(O)=C2C(=O)C(=O)N(CCCN(C)C)[C@H]2c2cccc(F)c2)c(OC)c1. The van der Waals surface area contributed by atoms with Gasteiger partial charge in [-0.25, -0.2) is 4.39 Å². The Morgan fingerprint density at radius 3 is 2.50 bits per heavy atom. The number of carbonyl (C=O) groups is 2.